The van der Waals surface area contributed by atoms with E-state index in [9.17, 15) is 4.79 Å². The van der Waals surface area contributed by atoms with Crippen LogP contribution in [-0.4, -0.2) is 23.9 Å². The van der Waals surface area contributed by atoms with E-state index >= 15 is 0 Å². The predicted octanol–water partition coefficient (Wildman–Crippen LogP) is 3.82. The molecule has 0 saturated carbocycles. The highest BCUT2D eigenvalue weighted by atomic mass is 35.5. The minimum absolute atomic E-state index is 0.0355. The molecule has 4 heteroatoms. The fourth-order valence-electron chi connectivity index (χ4n) is 2.09. The van der Waals surface area contributed by atoms with Crippen molar-refractivity contribution in [2.24, 2.45) is 5.92 Å². The van der Waals surface area contributed by atoms with Crippen molar-refractivity contribution in [1.29, 1.82) is 0 Å². The number of benzene rings is 1. The van der Waals surface area contributed by atoms with E-state index in [0.29, 0.717) is 28.7 Å². The highest BCUT2D eigenvalue weighted by Crippen LogP contribution is 2.21. The van der Waals surface area contributed by atoms with E-state index in [4.69, 9.17) is 17.3 Å². The molecule has 0 spiro atoms. The molecule has 1 rings (SSSR count). The molecule has 0 unspecified atom stereocenters. The minimum atomic E-state index is -0.0355. The molecular weight excluding hydrogens is 260 g/mol. The number of carbonyl (C=O) groups excluding carboxylic acids is 1. The molecular formula is C15H23ClN2O. The van der Waals surface area contributed by atoms with Gasteiger partial charge in [-0.3, -0.25) is 4.79 Å². The van der Waals surface area contributed by atoms with E-state index in [2.05, 4.69) is 13.8 Å². The number of carbonyl (C=O) groups is 1. The van der Waals surface area contributed by atoms with Gasteiger partial charge in [0.2, 0.25) is 0 Å². The molecule has 1 aromatic carbocycles. The molecule has 2 N–H and O–H groups in total. The lowest BCUT2D eigenvalue weighted by Crippen LogP contribution is -2.35. The molecule has 0 heterocycles. The average Bonchev–Trinajstić information content (AvgIpc) is 2.42. The van der Waals surface area contributed by atoms with Crippen LogP contribution in [0.25, 0.3) is 0 Å². The quantitative estimate of drug-likeness (QED) is 0.806. The molecule has 0 aromatic heterocycles. The van der Waals surface area contributed by atoms with Crippen molar-refractivity contribution in [3.63, 3.8) is 0 Å². The first kappa shape index (κ1) is 15.8. The Labute approximate surface area is 120 Å². The summed E-state index contributed by atoms with van der Waals surface area (Å²) in [6, 6.07) is 5.03. The summed E-state index contributed by atoms with van der Waals surface area (Å²) in [7, 11) is 0. The molecule has 19 heavy (non-hydrogen) atoms. The summed E-state index contributed by atoms with van der Waals surface area (Å²) < 4.78 is 0. The van der Waals surface area contributed by atoms with Gasteiger partial charge in [-0.05, 0) is 31.0 Å². The smallest absolute Gasteiger partial charge is 0.255 e. The first-order valence-corrected chi connectivity index (χ1v) is 7.25. The van der Waals surface area contributed by atoms with Gasteiger partial charge < -0.3 is 10.6 Å². The van der Waals surface area contributed by atoms with Crippen molar-refractivity contribution in [3.05, 3.63) is 28.8 Å². The van der Waals surface area contributed by atoms with Crippen LogP contribution in [0.5, 0.6) is 0 Å². The van der Waals surface area contributed by atoms with Crippen molar-refractivity contribution < 1.29 is 4.79 Å². The number of hydrogen-bond acceptors (Lipinski definition) is 2. The summed E-state index contributed by atoms with van der Waals surface area (Å²) in [5.41, 5.74) is 6.79. The van der Waals surface area contributed by atoms with Crippen LogP contribution >= 0.6 is 11.6 Å². The van der Waals surface area contributed by atoms with E-state index in [0.717, 1.165) is 19.4 Å². The zero-order valence-electron chi connectivity index (χ0n) is 11.9. The van der Waals surface area contributed by atoms with Gasteiger partial charge >= 0.3 is 0 Å². The molecule has 0 aliphatic rings. The molecule has 106 valence electrons. The van der Waals surface area contributed by atoms with Crippen LogP contribution in [0.15, 0.2) is 18.2 Å². The minimum Gasteiger partial charge on any atom is -0.399 e. The second-order valence-corrected chi connectivity index (χ2v) is 5.17. The number of nitrogen functional groups attached to an aromatic ring is 1. The van der Waals surface area contributed by atoms with Crippen LogP contribution in [0.4, 0.5) is 5.69 Å². The summed E-state index contributed by atoms with van der Waals surface area (Å²) in [6.45, 7) is 7.74. The van der Waals surface area contributed by atoms with E-state index in [-0.39, 0.29) is 5.91 Å². The molecule has 0 bridgehead atoms. The molecule has 0 radical (unpaired) electrons. The summed E-state index contributed by atoms with van der Waals surface area (Å²) >= 11 is 6.09. The number of anilines is 1. The maximum atomic E-state index is 12.5. The Balaban J connectivity index is 2.92. The Morgan fingerprint density at radius 1 is 1.32 bits per heavy atom. The molecule has 0 saturated heterocycles. The van der Waals surface area contributed by atoms with Crippen molar-refractivity contribution >= 4 is 23.2 Å². The molecule has 0 aliphatic heterocycles. The number of amides is 1. The molecule has 1 amide bonds. The van der Waals surface area contributed by atoms with Gasteiger partial charge in [-0.25, -0.2) is 0 Å². The third-order valence-corrected chi connectivity index (χ3v) is 3.85. The second-order valence-electron chi connectivity index (χ2n) is 4.77. The van der Waals surface area contributed by atoms with E-state index < -0.39 is 0 Å². The molecule has 0 aliphatic carbocycles. The number of rotatable bonds is 6. The number of halogens is 1. The van der Waals surface area contributed by atoms with Gasteiger partial charge in [-0.2, -0.15) is 0 Å². The summed E-state index contributed by atoms with van der Waals surface area (Å²) in [4.78, 5) is 14.3. The Bertz CT molecular complexity index is 430. The first-order valence-electron chi connectivity index (χ1n) is 6.87. The highest BCUT2D eigenvalue weighted by Gasteiger charge is 2.19. The van der Waals surface area contributed by atoms with Gasteiger partial charge in [0.05, 0.1) is 10.6 Å². The first-order chi connectivity index (χ1) is 9.03. The van der Waals surface area contributed by atoms with E-state index in [1.807, 2.05) is 11.8 Å². The lowest BCUT2D eigenvalue weighted by Gasteiger charge is -2.26. The van der Waals surface area contributed by atoms with Gasteiger partial charge in [0.25, 0.3) is 5.91 Å². The number of nitrogens with two attached hydrogens (primary N) is 1. The lowest BCUT2D eigenvalue weighted by molar-refractivity contribution is 0.0735. The zero-order chi connectivity index (χ0) is 14.4. The van der Waals surface area contributed by atoms with E-state index in [1.165, 1.54) is 0 Å². The van der Waals surface area contributed by atoms with Gasteiger partial charge in [0, 0.05) is 18.8 Å². The van der Waals surface area contributed by atoms with Crippen molar-refractivity contribution in [3.8, 4) is 0 Å². The fraction of sp³-hybridized carbons (Fsp3) is 0.533. The monoisotopic (exact) mass is 282 g/mol. The summed E-state index contributed by atoms with van der Waals surface area (Å²) in [5, 5.41) is 0.460. The Morgan fingerprint density at radius 2 is 1.95 bits per heavy atom. The standard InChI is InChI=1S/C15H23ClN2O/c1-4-11(5-2)10-18(6-3)15(19)13-9-12(17)7-8-14(13)16/h7-9,11H,4-6,10,17H2,1-3H3. The van der Waals surface area contributed by atoms with Gasteiger partial charge in [-0.15, -0.1) is 0 Å². The normalized spacial score (nSPS) is 10.8. The maximum Gasteiger partial charge on any atom is 0.255 e. The predicted molar refractivity (Wildman–Crippen MR) is 81.5 cm³/mol. The van der Waals surface area contributed by atoms with Gasteiger partial charge in [-0.1, -0.05) is 38.3 Å². The van der Waals surface area contributed by atoms with Crippen LogP contribution in [0.1, 0.15) is 44.0 Å². The van der Waals surface area contributed by atoms with Crippen molar-refractivity contribution in [2.45, 2.75) is 33.6 Å². The van der Waals surface area contributed by atoms with E-state index in [1.54, 1.807) is 18.2 Å². The van der Waals surface area contributed by atoms with Crippen LogP contribution in [0, 0.1) is 5.92 Å². The van der Waals surface area contributed by atoms with Gasteiger partial charge in [0.1, 0.15) is 0 Å². The molecule has 3 nitrogen and oxygen atoms in total. The maximum absolute atomic E-state index is 12.5. The summed E-state index contributed by atoms with van der Waals surface area (Å²) in [6.07, 6.45) is 2.15. The topological polar surface area (TPSA) is 46.3 Å². The number of hydrogen-bond donors (Lipinski definition) is 1. The van der Waals surface area contributed by atoms with Crippen molar-refractivity contribution in [2.75, 3.05) is 18.8 Å². The average molecular weight is 283 g/mol. The van der Waals surface area contributed by atoms with Crippen LogP contribution in [0.3, 0.4) is 0 Å². The largest absolute Gasteiger partial charge is 0.399 e. The molecule has 0 atom stereocenters. The Hall–Kier alpha value is -1.22. The summed E-state index contributed by atoms with van der Waals surface area (Å²) in [5.74, 6) is 0.496. The third-order valence-electron chi connectivity index (χ3n) is 3.52. The Kier molecular flexibility index (Phi) is 6.16. The highest BCUT2D eigenvalue weighted by molar-refractivity contribution is 6.34. The van der Waals surface area contributed by atoms with Crippen molar-refractivity contribution in [1.82, 2.24) is 4.90 Å². The SMILES string of the molecule is CCC(CC)CN(CC)C(=O)c1cc(N)ccc1Cl. The van der Waals surface area contributed by atoms with Crippen LogP contribution in [-0.2, 0) is 0 Å². The third kappa shape index (κ3) is 4.13. The van der Waals surface area contributed by atoms with Crippen LogP contribution in [0.2, 0.25) is 5.02 Å². The zero-order valence-corrected chi connectivity index (χ0v) is 12.7. The fourth-order valence-corrected chi connectivity index (χ4v) is 2.29. The lowest BCUT2D eigenvalue weighted by atomic mass is 10.0. The molecule has 1 aromatic rings. The second kappa shape index (κ2) is 7.39. The number of nitrogens with zero attached hydrogens (tertiary/aromatic N) is 1. The van der Waals surface area contributed by atoms with Crippen LogP contribution < -0.4 is 5.73 Å². The Morgan fingerprint density at radius 3 is 2.47 bits per heavy atom. The molecule has 0 fully saturated rings. The van der Waals surface area contributed by atoms with Gasteiger partial charge in [0.15, 0.2) is 0 Å².